The summed E-state index contributed by atoms with van der Waals surface area (Å²) in [5.74, 6) is -0.411. The first-order valence-electron chi connectivity index (χ1n) is 12.1. The molecule has 1 fully saturated rings. The van der Waals surface area contributed by atoms with Crippen molar-refractivity contribution in [2.24, 2.45) is 5.92 Å². The van der Waals surface area contributed by atoms with Crippen molar-refractivity contribution < 1.29 is 23.9 Å². The third-order valence-electron chi connectivity index (χ3n) is 7.01. The van der Waals surface area contributed by atoms with Crippen molar-refractivity contribution in [3.05, 3.63) is 72.1 Å². The van der Waals surface area contributed by atoms with Gasteiger partial charge in [0.05, 0.1) is 17.9 Å². The van der Waals surface area contributed by atoms with E-state index in [9.17, 15) is 19.2 Å². The van der Waals surface area contributed by atoms with Crippen molar-refractivity contribution in [3.63, 3.8) is 0 Å². The third kappa shape index (κ3) is 4.48. The number of carbonyl (C=O) groups excluding carboxylic acids is 4. The molecule has 0 aromatic heterocycles. The Bertz CT molecular complexity index is 1380. The second-order valence-electron chi connectivity index (χ2n) is 9.66. The van der Waals surface area contributed by atoms with Gasteiger partial charge in [0, 0.05) is 26.2 Å². The van der Waals surface area contributed by atoms with Crippen LogP contribution in [0.4, 0.5) is 5.69 Å². The standard InChI is InChI=1S/C28H28N4O5/c1-16(27(35)30(3)13-18-8-9-18)29-26(34)17(2)32-14-22-20(6-5-7-21(22)28(32)36)19-10-11-23-24(12-19)37-15-25(33)31(23)4/h5-7,10-12,18H,1-2,8-9,13-15H2,3-4H3,(H,29,34). The fourth-order valence-corrected chi connectivity index (χ4v) is 4.65. The Morgan fingerprint density at radius 1 is 1.14 bits per heavy atom. The Morgan fingerprint density at radius 2 is 1.86 bits per heavy atom. The van der Waals surface area contributed by atoms with Gasteiger partial charge in [-0.05, 0) is 53.6 Å². The topological polar surface area (TPSA) is 99.3 Å². The number of anilines is 1. The zero-order chi connectivity index (χ0) is 26.4. The number of hydrogen-bond donors (Lipinski definition) is 1. The van der Waals surface area contributed by atoms with Gasteiger partial charge in [0.15, 0.2) is 6.61 Å². The summed E-state index contributed by atoms with van der Waals surface area (Å²) in [7, 11) is 3.38. The van der Waals surface area contributed by atoms with Crippen molar-refractivity contribution in [2.75, 3.05) is 32.1 Å². The molecule has 0 unspecified atom stereocenters. The average molecular weight is 501 g/mol. The molecule has 9 heteroatoms. The van der Waals surface area contributed by atoms with E-state index in [1.54, 1.807) is 36.0 Å². The Balaban J connectivity index is 1.32. The highest BCUT2D eigenvalue weighted by Crippen LogP contribution is 2.39. The van der Waals surface area contributed by atoms with Gasteiger partial charge in [-0.2, -0.15) is 0 Å². The predicted octanol–water partition coefficient (Wildman–Crippen LogP) is 2.68. The molecule has 190 valence electrons. The summed E-state index contributed by atoms with van der Waals surface area (Å²) in [6.45, 7) is 8.27. The summed E-state index contributed by atoms with van der Waals surface area (Å²) in [4.78, 5) is 55.0. The van der Waals surface area contributed by atoms with Crippen LogP contribution in [-0.4, -0.2) is 60.7 Å². The number of nitrogens with zero attached hydrogens (tertiary/aromatic N) is 3. The number of ether oxygens (including phenoxy) is 1. The SMILES string of the molecule is C=C(NC(=O)C(=C)N1Cc2c(cccc2-c2ccc3c(c2)OCC(=O)N3C)C1=O)C(=O)N(C)CC1CC1. The summed E-state index contributed by atoms with van der Waals surface area (Å²) >= 11 is 0. The fourth-order valence-electron chi connectivity index (χ4n) is 4.65. The molecule has 0 atom stereocenters. The van der Waals surface area contributed by atoms with Gasteiger partial charge in [0.25, 0.3) is 23.6 Å². The lowest BCUT2D eigenvalue weighted by atomic mass is 9.96. The summed E-state index contributed by atoms with van der Waals surface area (Å²) in [6, 6.07) is 10.9. The van der Waals surface area contributed by atoms with Crippen molar-refractivity contribution in [2.45, 2.75) is 19.4 Å². The molecule has 4 amide bonds. The molecule has 2 aliphatic heterocycles. The van der Waals surface area contributed by atoms with Crippen LogP contribution >= 0.6 is 0 Å². The first-order chi connectivity index (χ1) is 17.7. The van der Waals surface area contributed by atoms with Gasteiger partial charge in [-0.1, -0.05) is 31.4 Å². The smallest absolute Gasteiger partial charge is 0.271 e. The maximum absolute atomic E-state index is 13.2. The number of carbonyl (C=O) groups is 4. The predicted molar refractivity (Wildman–Crippen MR) is 137 cm³/mol. The number of likely N-dealkylation sites (N-methyl/N-ethyl adjacent to an activating group) is 2. The molecule has 9 nitrogen and oxygen atoms in total. The molecule has 2 heterocycles. The van der Waals surface area contributed by atoms with Gasteiger partial charge in [0.2, 0.25) is 0 Å². The van der Waals surface area contributed by atoms with Gasteiger partial charge < -0.3 is 19.9 Å². The van der Waals surface area contributed by atoms with E-state index in [2.05, 4.69) is 18.5 Å². The van der Waals surface area contributed by atoms with E-state index in [-0.39, 0.29) is 42.3 Å². The molecular weight excluding hydrogens is 472 g/mol. The van der Waals surface area contributed by atoms with Crippen LogP contribution in [0.5, 0.6) is 5.75 Å². The summed E-state index contributed by atoms with van der Waals surface area (Å²) in [5.41, 5.74) is 3.40. The number of rotatable bonds is 7. The molecule has 0 radical (unpaired) electrons. The second kappa shape index (κ2) is 9.24. The minimum atomic E-state index is -0.657. The van der Waals surface area contributed by atoms with E-state index in [1.165, 1.54) is 4.90 Å². The van der Waals surface area contributed by atoms with Crippen LogP contribution in [0.1, 0.15) is 28.8 Å². The molecule has 1 N–H and O–H groups in total. The molecule has 3 aliphatic rings. The monoisotopic (exact) mass is 500 g/mol. The van der Waals surface area contributed by atoms with Crippen molar-refractivity contribution in [1.29, 1.82) is 0 Å². The Hall–Kier alpha value is -4.40. The molecule has 37 heavy (non-hydrogen) atoms. The molecule has 5 rings (SSSR count). The van der Waals surface area contributed by atoms with Gasteiger partial charge in [-0.3, -0.25) is 24.1 Å². The highest BCUT2D eigenvalue weighted by molar-refractivity contribution is 6.08. The molecule has 0 saturated heterocycles. The zero-order valence-corrected chi connectivity index (χ0v) is 20.9. The van der Waals surface area contributed by atoms with Crippen LogP contribution < -0.4 is 15.0 Å². The first kappa shape index (κ1) is 24.3. The van der Waals surface area contributed by atoms with E-state index >= 15 is 0 Å². The lowest BCUT2D eigenvalue weighted by Crippen LogP contribution is -2.39. The quantitative estimate of drug-likeness (QED) is 0.590. The molecule has 0 bridgehead atoms. The molecular formula is C28H28N4O5. The normalized spacial score (nSPS) is 16.1. The molecule has 2 aromatic carbocycles. The number of hydrogen-bond acceptors (Lipinski definition) is 5. The lowest BCUT2D eigenvalue weighted by molar-refractivity contribution is -0.128. The van der Waals surface area contributed by atoms with Gasteiger partial charge in [0.1, 0.15) is 11.4 Å². The van der Waals surface area contributed by atoms with Crippen LogP contribution in [-0.2, 0) is 20.9 Å². The number of nitrogens with one attached hydrogen (secondary N) is 1. The maximum atomic E-state index is 13.2. The lowest BCUT2D eigenvalue weighted by Gasteiger charge is -2.26. The molecule has 1 saturated carbocycles. The van der Waals surface area contributed by atoms with Crippen molar-refractivity contribution >= 4 is 29.3 Å². The van der Waals surface area contributed by atoms with E-state index in [0.29, 0.717) is 29.5 Å². The van der Waals surface area contributed by atoms with Crippen molar-refractivity contribution in [3.8, 4) is 16.9 Å². The van der Waals surface area contributed by atoms with E-state index < -0.39 is 5.91 Å². The first-order valence-corrected chi connectivity index (χ1v) is 12.1. The van der Waals surface area contributed by atoms with E-state index in [0.717, 1.165) is 29.5 Å². The van der Waals surface area contributed by atoms with Gasteiger partial charge >= 0.3 is 0 Å². The fraction of sp³-hybridized carbons (Fsp3) is 0.286. The number of amides is 4. The average Bonchev–Trinajstić information content (AvgIpc) is 3.65. The molecule has 2 aromatic rings. The Kier molecular flexibility index (Phi) is 6.07. The maximum Gasteiger partial charge on any atom is 0.271 e. The Labute approximate surface area is 215 Å². The van der Waals surface area contributed by atoms with Crippen molar-refractivity contribution in [1.82, 2.24) is 15.1 Å². The van der Waals surface area contributed by atoms with E-state index in [1.807, 2.05) is 24.3 Å². The van der Waals surface area contributed by atoms with Crippen LogP contribution in [0.3, 0.4) is 0 Å². The second-order valence-corrected chi connectivity index (χ2v) is 9.66. The largest absolute Gasteiger partial charge is 0.482 e. The zero-order valence-electron chi connectivity index (χ0n) is 20.9. The van der Waals surface area contributed by atoms with E-state index in [4.69, 9.17) is 4.74 Å². The summed E-state index contributed by atoms with van der Waals surface area (Å²) in [5, 5.41) is 2.50. The van der Waals surface area contributed by atoms with Gasteiger partial charge in [-0.15, -0.1) is 0 Å². The third-order valence-corrected chi connectivity index (χ3v) is 7.01. The minimum absolute atomic E-state index is 0.0365. The van der Waals surface area contributed by atoms with Crippen LogP contribution in [0, 0.1) is 5.92 Å². The molecule has 1 aliphatic carbocycles. The van der Waals surface area contributed by atoms with Crippen LogP contribution in [0.15, 0.2) is 61.0 Å². The number of benzene rings is 2. The number of fused-ring (bicyclic) bond motifs is 2. The highest BCUT2D eigenvalue weighted by atomic mass is 16.5. The summed E-state index contributed by atoms with van der Waals surface area (Å²) in [6.07, 6.45) is 2.20. The minimum Gasteiger partial charge on any atom is -0.482 e. The molecule has 0 spiro atoms. The Morgan fingerprint density at radius 3 is 2.59 bits per heavy atom. The summed E-state index contributed by atoms with van der Waals surface area (Å²) < 4.78 is 5.62. The van der Waals surface area contributed by atoms with Crippen LogP contribution in [0.25, 0.3) is 11.1 Å². The highest BCUT2D eigenvalue weighted by Gasteiger charge is 2.34. The van der Waals surface area contributed by atoms with Crippen LogP contribution in [0.2, 0.25) is 0 Å². The van der Waals surface area contributed by atoms with Gasteiger partial charge in [-0.25, -0.2) is 0 Å².